The molecule has 7 heterocycles. The molecule has 0 saturated carbocycles. The number of anilines is 2. The topological polar surface area (TPSA) is 205 Å². The lowest BCUT2D eigenvalue weighted by Crippen LogP contribution is -2.41. The third-order valence-electron chi connectivity index (χ3n) is 16.3. The van der Waals surface area contributed by atoms with Crippen LogP contribution in [0.2, 0.25) is 0 Å². The highest BCUT2D eigenvalue weighted by atomic mass is 16.5. The van der Waals surface area contributed by atoms with Gasteiger partial charge in [-0.15, -0.1) is 0 Å². The standard InChI is InChI=1S/C68H74N8O9/c1-11-13-25-76-67(78)62-42(6)54-34-56-48(12-2)39(3)51(72-56)35-57-61(41(5)53(73-57)33-52-40(4)49(21-16-22-60(77)82-10)64(74-52)63(68(76)79)65(62)75-54)43(7)85-37-46-19-14-17-44(30-46)23-24-45-18-15-20-47(31-45)71-66-50-32-58(83-28-26-80-8)59(84-29-27-81-9)36-55(50)69-38-70-66/h14-15,17-20,30-36,38,40,43,49,73,75H,11-13,16,21-22,25-29,37H2,1-10H3,(H,69,70,71)/t40?,43?,49-/m0/s1. The maximum Gasteiger partial charge on any atom is 0.305 e. The number of hydrogen-bond acceptors (Lipinski definition) is 14. The molecule has 3 aliphatic rings. The Morgan fingerprint density at radius 2 is 1.47 bits per heavy atom. The van der Waals surface area contributed by atoms with Crippen LogP contribution < -0.4 is 14.8 Å². The lowest BCUT2D eigenvalue weighted by atomic mass is 9.84. The quantitative estimate of drug-likeness (QED) is 0.0250. The Labute approximate surface area is 495 Å². The van der Waals surface area contributed by atoms with Crippen LogP contribution in [-0.4, -0.2) is 107 Å². The summed E-state index contributed by atoms with van der Waals surface area (Å²) in [4.78, 5) is 70.4. The van der Waals surface area contributed by atoms with E-state index in [0.29, 0.717) is 103 Å². The number of amides is 2. The van der Waals surface area contributed by atoms with Gasteiger partial charge in [0.05, 0.1) is 72.3 Å². The zero-order valence-corrected chi connectivity index (χ0v) is 50.2. The van der Waals surface area contributed by atoms with Crippen molar-refractivity contribution < 1.29 is 42.8 Å². The van der Waals surface area contributed by atoms with Crippen LogP contribution >= 0.6 is 0 Å². The summed E-state index contributed by atoms with van der Waals surface area (Å²) in [5, 5.41) is 4.22. The second-order valence-corrected chi connectivity index (χ2v) is 21.8. The molecule has 10 rings (SSSR count). The van der Waals surface area contributed by atoms with E-state index in [9.17, 15) is 14.4 Å². The van der Waals surface area contributed by atoms with E-state index in [-0.39, 0.29) is 48.7 Å². The number of fused-ring (bicyclic) bond motifs is 9. The molecule has 7 aromatic rings. The number of nitrogens with one attached hydrogen (secondary N) is 3. The van der Waals surface area contributed by atoms with Gasteiger partial charge >= 0.3 is 5.97 Å². The number of allylic oxidation sites excluding steroid dienone is 2. The second-order valence-electron chi connectivity index (χ2n) is 21.8. The van der Waals surface area contributed by atoms with Gasteiger partial charge in [-0.1, -0.05) is 57.2 Å². The number of nitrogens with zero attached hydrogens (tertiary/aromatic N) is 5. The SMILES string of the molecule is CCCCN1C(=O)c2c3nc(cc4[nH]c(cc5nc(cc6[nH]c2c(c6C)C1=O)C(CC)=C5C)c(C(C)OCc1cccc(C#Cc2cccc(Nc5ncnc6cc(OCCOC)c(OCCOC)cc56)c2)c1)c4C)C(C)[C@@H]3CCCC(=O)OC. The molecule has 85 heavy (non-hydrogen) atoms. The van der Waals surface area contributed by atoms with Gasteiger partial charge in [-0.25, -0.2) is 15.0 Å². The fraction of sp³-hybridized carbons (Fsp3) is 0.368. The normalized spacial score (nSPS) is 15.1. The Hall–Kier alpha value is -8.69. The average Bonchev–Trinajstić information content (AvgIpc) is 2.05. The first-order valence-corrected chi connectivity index (χ1v) is 29.3. The molecule has 0 radical (unpaired) electrons. The van der Waals surface area contributed by atoms with E-state index in [2.05, 4.69) is 89.9 Å². The number of unbranched alkanes of at least 4 members (excludes halogenated alkanes) is 1. The van der Waals surface area contributed by atoms with Crippen LogP contribution in [0.1, 0.15) is 168 Å². The summed E-state index contributed by atoms with van der Waals surface area (Å²) in [6.07, 6.45) is 4.67. The third kappa shape index (κ3) is 12.6. The molecule has 0 saturated heterocycles. The number of carbonyl (C=O) groups is 3. The molecule has 2 amide bonds. The van der Waals surface area contributed by atoms with Crippen LogP contribution in [0.3, 0.4) is 0 Å². The van der Waals surface area contributed by atoms with E-state index in [4.69, 9.17) is 38.4 Å². The first kappa shape index (κ1) is 59.5. The highest BCUT2D eigenvalue weighted by molar-refractivity contribution is 6.23. The van der Waals surface area contributed by atoms with E-state index in [0.717, 1.165) is 96.6 Å². The number of aromatic amines is 2. The van der Waals surface area contributed by atoms with E-state index in [1.807, 2.05) is 74.5 Å². The molecule has 3 atom stereocenters. The van der Waals surface area contributed by atoms with E-state index < -0.39 is 0 Å². The van der Waals surface area contributed by atoms with E-state index in [1.54, 1.807) is 14.2 Å². The molecular formula is C68H74N8O9. The minimum Gasteiger partial charge on any atom is -0.487 e. The number of carbonyl (C=O) groups excluding carboxylic acids is 3. The molecule has 8 bridgehead atoms. The van der Waals surface area contributed by atoms with Crippen molar-refractivity contribution in [1.29, 1.82) is 0 Å². The largest absolute Gasteiger partial charge is 0.487 e. The number of aromatic nitrogens is 6. The molecule has 3 aliphatic heterocycles. The van der Waals surface area contributed by atoms with Crippen LogP contribution in [0, 0.1) is 25.7 Å². The molecule has 0 fully saturated rings. The van der Waals surface area contributed by atoms with Gasteiger partial charge in [-0.2, -0.15) is 0 Å². The van der Waals surface area contributed by atoms with Gasteiger partial charge < -0.3 is 43.7 Å². The monoisotopic (exact) mass is 1150 g/mol. The van der Waals surface area contributed by atoms with Gasteiger partial charge in [0, 0.05) is 95.1 Å². The molecule has 0 spiro atoms. The number of methoxy groups -OCH3 is 3. The molecule has 2 unspecified atom stereocenters. The first-order valence-electron chi connectivity index (χ1n) is 29.3. The average molecular weight is 1150 g/mol. The molecule has 4 aromatic heterocycles. The Morgan fingerprint density at radius 3 is 2.20 bits per heavy atom. The van der Waals surface area contributed by atoms with Gasteiger partial charge in [-0.3, -0.25) is 24.3 Å². The van der Waals surface area contributed by atoms with Gasteiger partial charge in [0.15, 0.2) is 11.5 Å². The van der Waals surface area contributed by atoms with Crippen LogP contribution in [0.5, 0.6) is 11.5 Å². The molecular weight excluding hydrogens is 1070 g/mol. The minimum absolute atomic E-state index is 0.152. The van der Waals surface area contributed by atoms with E-state index >= 15 is 0 Å². The zero-order chi connectivity index (χ0) is 59.9. The Morgan fingerprint density at radius 1 is 0.765 bits per heavy atom. The molecule has 3 N–H and O–H groups in total. The zero-order valence-electron chi connectivity index (χ0n) is 50.2. The summed E-state index contributed by atoms with van der Waals surface area (Å²) in [5.41, 5.74) is 15.7. The Balaban J connectivity index is 0.972. The summed E-state index contributed by atoms with van der Waals surface area (Å²) in [5.74, 6) is 7.06. The van der Waals surface area contributed by atoms with Crippen molar-refractivity contribution in [3.63, 3.8) is 0 Å². The third-order valence-corrected chi connectivity index (χ3v) is 16.3. The van der Waals surface area contributed by atoms with Crippen LogP contribution in [0.4, 0.5) is 11.5 Å². The minimum atomic E-state index is -0.377. The van der Waals surface area contributed by atoms with Gasteiger partial charge in [0.2, 0.25) is 0 Å². The second kappa shape index (κ2) is 26.5. The molecule has 440 valence electrons. The lowest BCUT2D eigenvalue weighted by molar-refractivity contribution is -0.140. The number of aryl methyl sites for hydroxylation is 2. The van der Waals surface area contributed by atoms with Crippen molar-refractivity contribution in [3.8, 4) is 23.3 Å². The smallest absolute Gasteiger partial charge is 0.305 e. The number of ether oxygens (including phenoxy) is 6. The lowest BCUT2D eigenvalue weighted by Gasteiger charge is -2.27. The van der Waals surface area contributed by atoms with Crippen molar-refractivity contribution in [2.45, 2.75) is 112 Å². The van der Waals surface area contributed by atoms with Crippen molar-refractivity contribution in [3.05, 3.63) is 152 Å². The van der Waals surface area contributed by atoms with Crippen LogP contribution in [-0.2, 0) is 30.3 Å². The number of esters is 1. The highest BCUT2D eigenvalue weighted by Gasteiger charge is 2.41. The predicted molar refractivity (Wildman–Crippen MR) is 330 cm³/mol. The number of H-pyrrole nitrogens is 2. The Bertz CT molecular complexity index is 3980. The number of imide groups is 1. The fourth-order valence-corrected chi connectivity index (χ4v) is 11.6. The van der Waals surface area contributed by atoms with Gasteiger partial charge in [0.25, 0.3) is 11.8 Å². The maximum absolute atomic E-state index is 14.9. The summed E-state index contributed by atoms with van der Waals surface area (Å²) < 4.78 is 34.3. The predicted octanol–water partition coefficient (Wildman–Crippen LogP) is 13.3. The summed E-state index contributed by atoms with van der Waals surface area (Å²) in [7, 11) is 4.65. The van der Waals surface area contributed by atoms with Gasteiger partial charge in [0.1, 0.15) is 25.4 Å². The summed E-state index contributed by atoms with van der Waals surface area (Å²) >= 11 is 0. The van der Waals surface area contributed by atoms with Crippen molar-refractivity contribution in [2.75, 3.05) is 59.6 Å². The van der Waals surface area contributed by atoms with Gasteiger partial charge in [-0.05, 0) is 136 Å². The van der Waals surface area contributed by atoms with Crippen molar-refractivity contribution in [2.24, 2.45) is 0 Å². The first-order chi connectivity index (χ1) is 41.2. The molecule has 17 heteroatoms. The molecule has 17 nitrogen and oxygen atoms in total. The fourth-order valence-electron chi connectivity index (χ4n) is 11.6. The Kier molecular flexibility index (Phi) is 18.5. The summed E-state index contributed by atoms with van der Waals surface area (Å²) in [6.45, 7) is 16.6. The highest BCUT2D eigenvalue weighted by Crippen LogP contribution is 2.45. The number of benzene rings is 3. The molecule has 0 aliphatic carbocycles. The summed E-state index contributed by atoms with van der Waals surface area (Å²) in [6, 6.07) is 25.9. The van der Waals surface area contributed by atoms with Crippen LogP contribution in [0.15, 0.2) is 85.2 Å². The number of rotatable bonds is 22. The van der Waals surface area contributed by atoms with Crippen molar-refractivity contribution in [1.82, 2.24) is 34.8 Å². The molecule has 3 aromatic carbocycles. The van der Waals surface area contributed by atoms with Crippen LogP contribution in [0.25, 0.3) is 44.1 Å². The maximum atomic E-state index is 14.9. The number of hydrogen-bond donors (Lipinski definition) is 3. The van der Waals surface area contributed by atoms with E-state index in [1.165, 1.54) is 18.3 Å². The van der Waals surface area contributed by atoms with Crippen molar-refractivity contribution >= 4 is 73.4 Å².